The first kappa shape index (κ1) is 9.73. The fraction of sp³-hybridized carbons (Fsp3) is 0. The normalized spacial score (nSPS) is 10.2. The zero-order valence-electron chi connectivity index (χ0n) is 7.59. The minimum Gasteiger partial charge on any atom is -0.478 e. The summed E-state index contributed by atoms with van der Waals surface area (Å²) in [5.41, 5.74) is 0.803. The Morgan fingerprint density at radius 1 is 1.47 bits per heavy atom. The Labute approximate surface area is 90.8 Å². The third-order valence-electron chi connectivity index (χ3n) is 1.98. The van der Waals surface area contributed by atoms with E-state index in [1.807, 2.05) is 0 Å². The van der Waals surface area contributed by atoms with Crippen molar-refractivity contribution in [1.29, 1.82) is 0 Å². The van der Waals surface area contributed by atoms with Crippen LogP contribution in [0.25, 0.3) is 5.69 Å². The van der Waals surface area contributed by atoms with Crippen LogP contribution < -0.4 is 0 Å². The Morgan fingerprint density at radius 3 is 2.87 bits per heavy atom. The Hall–Kier alpha value is -1.81. The van der Waals surface area contributed by atoms with Crippen LogP contribution in [0.3, 0.4) is 0 Å². The van der Waals surface area contributed by atoms with Gasteiger partial charge in [-0.05, 0) is 18.2 Å². The molecule has 2 aromatic rings. The quantitative estimate of drug-likeness (QED) is 0.848. The van der Waals surface area contributed by atoms with Gasteiger partial charge in [-0.2, -0.15) is 0 Å². The molecule has 4 nitrogen and oxygen atoms in total. The summed E-state index contributed by atoms with van der Waals surface area (Å²) in [7, 11) is 0. The molecule has 0 aliphatic heterocycles. The molecule has 0 saturated carbocycles. The lowest BCUT2D eigenvalue weighted by molar-refractivity contribution is 0.0697. The maximum Gasteiger partial charge on any atom is 0.337 e. The molecular formula is C10H7ClN2O2. The Kier molecular flexibility index (Phi) is 2.43. The predicted molar refractivity (Wildman–Crippen MR) is 55.5 cm³/mol. The van der Waals surface area contributed by atoms with Crippen LogP contribution in [-0.4, -0.2) is 20.6 Å². The summed E-state index contributed by atoms with van der Waals surface area (Å²) >= 11 is 5.75. The molecule has 0 fully saturated rings. The van der Waals surface area contributed by atoms with E-state index in [0.29, 0.717) is 5.69 Å². The van der Waals surface area contributed by atoms with E-state index in [9.17, 15) is 4.79 Å². The average Bonchev–Trinajstić information content (AvgIpc) is 2.71. The van der Waals surface area contributed by atoms with Crippen molar-refractivity contribution in [1.82, 2.24) is 9.55 Å². The average molecular weight is 223 g/mol. The van der Waals surface area contributed by atoms with Gasteiger partial charge >= 0.3 is 5.97 Å². The molecule has 0 unspecified atom stereocenters. The molecule has 0 aliphatic carbocycles. The van der Waals surface area contributed by atoms with Crippen LogP contribution in [0.2, 0.25) is 5.02 Å². The van der Waals surface area contributed by atoms with Crippen LogP contribution in [0.5, 0.6) is 0 Å². The molecular weight excluding hydrogens is 216 g/mol. The number of hydrogen-bond donors (Lipinski definition) is 1. The lowest BCUT2D eigenvalue weighted by Crippen LogP contribution is -2.00. The summed E-state index contributed by atoms with van der Waals surface area (Å²) in [4.78, 5) is 14.7. The largest absolute Gasteiger partial charge is 0.478 e. The lowest BCUT2D eigenvalue weighted by Gasteiger charge is -2.04. The SMILES string of the molecule is O=C(O)c1cc(-n2ccnc2)ccc1Cl. The van der Waals surface area contributed by atoms with E-state index >= 15 is 0 Å². The molecule has 2 rings (SSSR count). The highest BCUT2D eigenvalue weighted by molar-refractivity contribution is 6.33. The van der Waals surface area contributed by atoms with Gasteiger partial charge in [-0.1, -0.05) is 11.6 Å². The minimum atomic E-state index is -1.04. The molecule has 1 heterocycles. The number of aromatic nitrogens is 2. The molecule has 0 radical (unpaired) electrons. The van der Waals surface area contributed by atoms with Gasteiger partial charge < -0.3 is 9.67 Å². The van der Waals surface area contributed by atoms with Gasteiger partial charge in [0.2, 0.25) is 0 Å². The van der Waals surface area contributed by atoms with Gasteiger partial charge in [0.25, 0.3) is 0 Å². The van der Waals surface area contributed by atoms with Gasteiger partial charge in [0.1, 0.15) is 0 Å². The number of carboxylic acid groups (broad SMARTS) is 1. The predicted octanol–water partition coefficient (Wildman–Crippen LogP) is 2.22. The highest BCUT2D eigenvalue weighted by atomic mass is 35.5. The zero-order chi connectivity index (χ0) is 10.8. The zero-order valence-corrected chi connectivity index (χ0v) is 8.35. The fourth-order valence-electron chi connectivity index (χ4n) is 1.25. The van der Waals surface area contributed by atoms with E-state index in [1.54, 1.807) is 35.4 Å². The summed E-state index contributed by atoms with van der Waals surface area (Å²) in [5.74, 6) is -1.04. The third kappa shape index (κ3) is 1.85. The van der Waals surface area contributed by atoms with Gasteiger partial charge in [0.05, 0.1) is 16.9 Å². The first-order valence-corrected chi connectivity index (χ1v) is 4.57. The molecule has 76 valence electrons. The Balaban J connectivity index is 2.52. The minimum absolute atomic E-state index is 0.0860. The molecule has 0 spiro atoms. The molecule has 0 amide bonds. The van der Waals surface area contributed by atoms with E-state index in [-0.39, 0.29) is 10.6 Å². The summed E-state index contributed by atoms with van der Waals surface area (Å²) in [6.45, 7) is 0. The summed E-state index contributed by atoms with van der Waals surface area (Å²) < 4.78 is 1.71. The lowest BCUT2D eigenvalue weighted by atomic mass is 10.2. The van der Waals surface area contributed by atoms with Crippen molar-refractivity contribution < 1.29 is 9.90 Å². The van der Waals surface area contributed by atoms with E-state index in [2.05, 4.69) is 4.98 Å². The summed E-state index contributed by atoms with van der Waals surface area (Å²) in [6.07, 6.45) is 4.94. The number of nitrogens with zero attached hydrogens (tertiary/aromatic N) is 2. The second-order valence-corrected chi connectivity index (χ2v) is 3.35. The van der Waals surface area contributed by atoms with E-state index < -0.39 is 5.97 Å². The molecule has 0 saturated heterocycles. The number of hydrogen-bond acceptors (Lipinski definition) is 2. The number of rotatable bonds is 2. The van der Waals surface area contributed by atoms with Crippen molar-refractivity contribution in [2.45, 2.75) is 0 Å². The van der Waals surface area contributed by atoms with Crippen LogP contribution in [0.1, 0.15) is 10.4 Å². The van der Waals surface area contributed by atoms with Gasteiger partial charge in [-0.25, -0.2) is 9.78 Å². The summed E-state index contributed by atoms with van der Waals surface area (Å²) in [6, 6.07) is 4.79. The molecule has 0 atom stereocenters. The van der Waals surface area contributed by atoms with Crippen molar-refractivity contribution in [3.8, 4) is 5.69 Å². The fourth-order valence-corrected chi connectivity index (χ4v) is 1.45. The number of imidazole rings is 1. The molecule has 1 aromatic carbocycles. The van der Waals surface area contributed by atoms with Crippen LogP contribution in [0.15, 0.2) is 36.9 Å². The van der Waals surface area contributed by atoms with Crippen LogP contribution in [-0.2, 0) is 0 Å². The van der Waals surface area contributed by atoms with Gasteiger partial charge in [-0.3, -0.25) is 0 Å². The second kappa shape index (κ2) is 3.74. The number of carbonyl (C=O) groups is 1. The van der Waals surface area contributed by atoms with E-state index in [1.165, 1.54) is 6.07 Å². The molecule has 1 aromatic heterocycles. The van der Waals surface area contributed by atoms with Crippen molar-refractivity contribution in [3.05, 3.63) is 47.5 Å². The molecule has 0 bridgehead atoms. The van der Waals surface area contributed by atoms with Crippen LogP contribution in [0.4, 0.5) is 0 Å². The van der Waals surface area contributed by atoms with Gasteiger partial charge in [-0.15, -0.1) is 0 Å². The molecule has 0 aliphatic rings. The number of benzene rings is 1. The van der Waals surface area contributed by atoms with Crippen molar-refractivity contribution in [2.24, 2.45) is 0 Å². The van der Waals surface area contributed by atoms with Crippen molar-refractivity contribution in [2.75, 3.05) is 0 Å². The number of carboxylic acids is 1. The number of halogens is 1. The maximum absolute atomic E-state index is 10.8. The smallest absolute Gasteiger partial charge is 0.337 e. The first-order chi connectivity index (χ1) is 7.18. The maximum atomic E-state index is 10.8. The van der Waals surface area contributed by atoms with E-state index in [4.69, 9.17) is 16.7 Å². The Morgan fingerprint density at radius 2 is 2.27 bits per heavy atom. The molecule has 5 heteroatoms. The topological polar surface area (TPSA) is 55.1 Å². The highest BCUT2D eigenvalue weighted by Crippen LogP contribution is 2.19. The first-order valence-electron chi connectivity index (χ1n) is 4.19. The standard InChI is InChI=1S/C10H7ClN2O2/c11-9-2-1-7(5-8(9)10(14)15)13-4-3-12-6-13/h1-6H,(H,14,15). The number of aromatic carboxylic acids is 1. The third-order valence-corrected chi connectivity index (χ3v) is 2.31. The Bertz CT molecular complexity index is 494. The van der Waals surface area contributed by atoms with Crippen molar-refractivity contribution >= 4 is 17.6 Å². The molecule has 15 heavy (non-hydrogen) atoms. The monoisotopic (exact) mass is 222 g/mol. The second-order valence-electron chi connectivity index (χ2n) is 2.94. The van der Waals surface area contributed by atoms with Gasteiger partial charge in [0.15, 0.2) is 0 Å². The van der Waals surface area contributed by atoms with Crippen LogP contribution in [0, 0.1) is 0 Å². The van der Waals surface area contributed by atoms with Crippen LogP contribution >= 0.6 is 11.6 Å². The summed E-state index contributed by atoms with van der Waals surface area (Å²) in [5, 5.41) is 9.11. The van der Waals surface area contributed by atoms with Crippen molar-refractivity contribution in [3.63, 3.8) is 0 Å². The van der Waals surface area contributed by atoms with E-state index in [0.717, 1.165) is 0 Å². The molecule has 1 N–H and O–H groups in total. The highest BCUT2D eigenvalue weighted by Gasteiger charge is 2.09. The van der Waals surface area contributed by atoms with Gasteiger partial charge in [0, 0.05) is 18.1 Å².